The maximum Gasteiger partial charge on any atom is 0.0805 e. The fourth-order valence-corrected chi connectivity index (χ4v) is 3.46. The van der Waals surface area contributed by atoms with E-state index in [2.05, 4.69) is 59.5 Å². The molecule has 0 saturated carbocycles. The zero-order valence-electron chi connectivity index (χ0n) is 9.83. The summed E-state index contributed by atoms with van der Waals surface area (Å²) in [5.74, 6) is 5.69. The monoisotopic (exact) mass is 310 g/mol. The minimum Gasteiger partial charge on any atom is -0.271 e. The second-order valence-electron chi connectivity index (χ2n) is 4.10. The van der Waals surface area contributed by atoms with Crippen LogP contribution < -0.4 is 11.3 Å². The summed E-state index contributed by atoms with van der Waals surface area (Å²) in [6.45, 7) is 4.22. The first kappa shape index (κ1) is 12.8. The van der Waals surface area contributed by atoms with Crippen molar-refractivity contribution < 1.29 is 0 Å². The van der Waals surface area contributed by atoms with Gasteiger partial charge in [0.1, 0.15) is 0 Å². The third kappa shape index (κ3) is 2.77. The Hall–Kier alpha value is -0.680. The van der Waals surface area contributed by atoms with E-state index in [0.29, 0.717) is 0 Å². The highest BCUT2D eigenvalue weighted by molar-refractivity contribution is 9.11. The highest BCUT2D eigenvalue weighted by Gasteiger charge is 2.16. The van der Waals surface area contributed by atoms with Gasteiger partial charge in [-0.25, -0.2) is 5.43 Å². The number of benzene rings is 1. The molecule has 0 bridgehead atoms. The van der Waals surface area contributed by atoms with Crippen molar-refractivity contribution in [3.05, 3.63) is 55.7 Å². The fraction of sp³-hybridized carbons (Fsp3) is 0.231. The van der Waals surface area contributed by atoms with Gasteiger partial charge in [0.2, 0.25) is 0 Å². The summed E-state index contributed by atoms with van der Waals surface area (Å²) in [5, 5.41) is 0. The van der Waals surface area contributed by atoms with Gasteiger partial charge in [-0.15, -0.1) is 11.3 Å². The summed E-state index contributed by atoms with van der Waals surface area (Å²) in [6.07, 6.45) is 0. The maximum atomic E-state index is 5.69. The van der Waals surface area contributed by atoms with Crippen LogP contribution in [0, 0.1) is 13.8 Å². The van der Waals surface area contributed by atoms with Crippen LogP contribution in [0.5, 0.6) is 0 Å². The molecular weight excluding hydrogens is 296 g/mol. The quantitative estimate of drug-likeness (QED) is 0.670. The average molecular weight is 311 g/mol. The molecule has 2 nitrogen and oxygen atoms in total. The van der Waals surface area contributed by atoms with Crippen molar-refractivity contribution in [2.75, 3.05) is 0 Å². The first-order valence-electron chi connectivity index (χ1n) is 5.40. The third-order valence-electron chi connectivity index (χ3n) is 2.78. The smallest absolute Gasteiger partial charge is 0.0805 e. The highest BCUT2D eigenvalue weighted by Crippen LogP contribution is 2.32. The van der Waals surface area contributed by atoms with Crippen LogP contribution in [0.2, 0.25) is 0 Å². The van der Waals surface area contributed by atoms with E-state index in [-0.39, 0.29) is 6.04 Å². The molecule has 1 heterocycles. The number of thiophene rings is 1. The van der Waals surface area contributed by atoms with Gasteiger partial charge in [-0.05, 0) is 53.0 Å². The number of rotatable bonds is 3. The van der Waals surface area contributed by atoms with E-state index >= 15 is 0 Å². The minimum atomic E-state index is 0.0619. The Bertz CT molecular complexity index is 522. The Morgan fingerprint density at radius 2 is 2.00 bits per heavy atom. The molecule has 0 radical (unpaired) electrons. The van der Waals surface area contributed by atoms with Crippen LogP contribution in [0.3, 0.4) is 0 Å². The zero-order valence-corrected chi connectivity index (χ0v) is 12.2. The molecule has 0 spiro atoms. The van der Waals surface area contributed by atoms with Gasteiger partial charge in [-0.2, -0.15) is 0 Å². The van der Waals surface area contributed by atoms with E-state index in [9.17, 15) is 0 Å². The number of hydrazine groups is 1. The first-order valence-corrected chi connectivity index (χ1v) is 7.01. The van der Waals surface area contributed by atoms with Crippen LogP contribution in [0.15, 0.2) is 34.1 Å². The van der Waals surface area contributed by atoms with Crippen LogP contribution in [0.1, 0.15) is 27.6 Å². The van der Waals surface area contributed by atoms with Gasteiger partial charge >= 0.3 is 0 Å². The summed E-state index contributed by atoms with van der Waals surface area (Å²) >= 11 is 5.18. The van der Waals surface area contributed by atoms with Crippen LogP contribution in [-0.2, 0) is 0 Å². The lowest BCUT2D eigenvalue weighted by atomic mass is 9.99. The Kier molecular flexibility index (Phi) is 3.99. The van der Waals surface area contributed by atoms with Crippen molar-refractivity contribution >= 4 is 27.3 Å². The molecule has 2 rings (SSSR count). The molecule has 17 heavy (non-hydrogen) atoms. The predicted molar refractivity (Wildman–Crippen MR) is 77.1 cm³/mol. The molecule has 1 aromatic carbocycles. The SMILES string of the molecule is Cc1ccc(C(NN)c2ccc(Br)s2)c(C)c1. The summed E-state index contributed by atoms with van der Waals surface area (Å²) in [7, 11) is 0. The highest BCUT2D eigenvalue weighted by atomic mass is 79.9. The predicted octanol–water partition coefficient (Wildman–Crippen LogP) is 3.68. The molecule has 2 aromatic rings. The number of aryl methyl sites for hydroxylation is 2. The molecule has 90 valence electrons. The van der Waals surface area contributed by atoms with Crippen molar-refractivity contribution in [1.29, 1.82) is 0 Å². The van der Waals surface area contributed by atoms with E-state index in [0.717, 1.165) is 3.79 Å². The normalized spacial score (nSPS) is 12.7. The second-order valence-corrected chi connectivity index (χ2v) is 6.60. The number of nitrogens with two attached hydrogens (primary N) is 1. The number of halogens is 1. The van der Waals surface area contributed by atoms with E-state index in [1.165, 1.54) is 21.6 Å². The first-order chi connectivity index (χ1) is 8.11. The molecule has 0 amide bonds. The molecule has 0 aliphatic carbocycles. The molecule has 1 aromatic heterocycles. The Labute approximate surface area is 114 Å². The Morgan fingerprint density at radius 1 is 1.24 bits per heavy atom. The van der Waals surface area contributed by atoms with Gasteiger partial charge in [-0.3, -0.25) is 5.84 Å². The lowest BCUT2D eigenvalue weighted by molar-refractivity contribution is 0.643. The number of hydrogen-bond donors (Lipinski definition) is 2. The van der Waals surface area contributed by atoms with Gasteiger partial charge in [0.25, 0.3) is 0 Å². The summed E-state index contributed by atoms with van der Waals surface area (Å²) in [4.78, 5) is 1.21. The fourth-order valence-electron chi connectivity index (χ4n) is 1.96. The average Bonchev–Trinajstić information content (AvgIpc) is 2.69. The molecule has 1 unspecified atom stereocenters. The molecule has 0 fully saturated rings. The van der Waals surface area contributed by atoms with Gasteiger partial charge < -0.3 is 0 Å². The van der Waals surface area contributed by atoms with E-state index in [4.69, 9.17) is 5.84 Å². The Balaban J connectivity index is 2.42. The van der Waals surface area contributed by atoms with Crippen LogP contribution in [0.25, 0.3) is 0 Å². The van der Waals surface area contributed by atoms with Gasteiger partial charge in [0.05, 0.1) is 9.83 Å². The van der Waals surface area contributed by atoms with Crippen molar-refractivity contribution in [2.45, 2.75) is 19.9 Å². The van der Waals surface area contributed by atoms with E-state index in [1.807, 2.05) is 6.07 Å². The van der Waals surface area contributed by atoms with Gasteiger partial charge in [0.15, 0.2) is 0 Å². The zero-order chi connectivity index (χ0) is 12.4. The standard InChI is InChI=1S/C13H15BrN2S/c1-8-3-4-10(9(2)7-8)13(16-15)11-5-6-12(14)17-11/h3-7,13,16H,15H2,1-2H3. The number of nitrogens with one attached hydrogen (secondary N) is 1. The molecular formula is C13H15BrN2S. The van der Waals surface area contributed by atoms with E-state index in [1.54, 1.807) is 11.3 Å². The van der Waals surface area contributed by atoms with Crippen molar-refractivity contribution in [3.8, 4) is 0 Å². The summed E-state index contributed by atoms with van der Waals surface area (Å²) in [6, 6.07) is 10.7. The van der Waals surface area contributed by atoms with Crippen molar-refractivity contribution in [3.63, 3.8) is 0 Å². The lowest BCUT2D eigenvalue weighted by Crippen LogP contribution is -2.28. The second kappa shape index (κ2) is 5.31. The largest absolute Gasteiger partial charge is 0.271 e. The van der Waals surface area contributed by atoms with E-state index < -0.39 is 0 Å². The summed E-state index contributed by atoms with van der Waals surface area (Å²) in [5.41, 5.74) is 6.66. The molecule has 3 N–H and O–H groups in total. The van der Waals surface area contributed by atoms with Crippen LogP contribution in [0.4, 0.5) is 0 Å². The van der Waals surface area contributed by atoms with Gasteiger partial charge in [-0.1, -0.05) is 23.8 Å². The van der Waals surface area contributed by atoms with Crippen LogP contribution >= 0.6 is 27.3 Å². The minimum absolute atomic E-state index is 0.0619. The third-order valence-corrected chi connectivity index (χ3v) is 4.47. The summed E-state index contributed by atoms with van der Waals surface area (Å²) < 4.78 is 1.12. The van der Waals surface area contributed by atoms with Crippen molar-refractivity contribution in [1.82, 2.24) is 5.43 Å². The number of hydrogen-bond acceptors (Lipinski definition) is 3. The lowest BCUT2D eigenvalue weighted by Gasteiger charge is -2.17. The maximum absolute atomic E-state index is 5.69. The van der Waals surface area contributed by atoms with Crippen molar-refractivity contribution in [2.24, 2.45) is 5.84 Å². The van der Waals surface area contributed by atoms with Crippen LogP contribution in [-0.4, -0.2) is 0 Å². The Morgan fingerprint density at radius 3 is 2.53 bits per heavy atom. The molecule has 0 aliphatic rings. The van der Waals surface area contributed by atoms with Gasteiger partial charge in [0, 0.05) is 4.88 Å². The molecule has 4 heteroatoms. The topological polar surface area (TPSA) is 38.0 Å². The molecule has 0 aliphatic heterocycles. The molecule has 1 atom stereocenters. The molecule has 0 saturated heterocycles.